The average molecular weight is 300 g/mol. The molecule has 0 aliphatic rings. The molecule has 0 unspecified atom stereocenters. The molecule has 0 bridgehead atoms. The lowest BCUT2D eigenvalue weighted by molar-refractivity contribution is 0.0254. The van der Waals surface area contributed by atoms with E-state index < -0.39 is 39.5 Å². The fraction of sp³-hybridized carbons (Fsp3) is 0.400. The third-order valence-electron chi connectivity index (χ3n) is 2.27. The lowest BCUT2D eigenvalue weighted by atomic mass is 10.3. The van der Waals surface area contributed by atoms with Crippen LogP contribution in [0.2, 0.25) is 0 Å². The molecule has 9 heteroatoms. The van der Waals surface area contributed by atoms with E-state index >= 15 is 0 Å². The first-order valence-electron chi connectivity index (χ1n) is 5.13. The second kappa shape index (κ2) is 5.74. The van der Waals surface area contributed by atoms with Crippen LogP contribution >= 0.6 is 0 Å². The highest BCUT2D eigenvalue weighted by Crippen LogP contribution is 2.21. The van der Waals surface area contributed by atoms with Crippen LogP contribution in [0.1, 0.15) is 0 Å². The molecule has 0 heterocycles. The molecule has 0 atom stereocenters. The minimum absolute atomic E-state index is 0.182. The van der Waals surface area contributed by atoms with Gasteiger partial charge in [0.05, 0.1) is 18.0 Å². The van der Waals surface area contributed by atoms with Gasteiger partial charge >= 0.3 is 5.76 Å². The van der Waals surface area contributed by atoms with Crippen molar-refractivity contribution in [3.8, 4) is 0 Å². The Bertz CT molecular complexity index is 517. The van der Waals surface area contributed by atoms with E-state index in [4.69, 9.17) is 5.73 Å². The third kappa shape index (κ3) is 4.06. The largest absolute Gasteiger partial charge is 0.379 e. The Labute approximate surface area is 107 Å². The Morgan fingerprint density at radius 3 is 2.16 bits per heavy atom. The summed E-state index contributed by atoms with van der Waals surface area (Å²) in [7, 11) is -4.67. The van der Waals surface area contributed by atoms with Crippen molar-refractivity contribution in [3.63, 3.8) is 0 Å². The van der Waals surface area contributed by atoms with E-state index in [2.05, 4.69) is 5.32 Å². The van der Waals surface area contributed by atoms with Gasteiger partial charge in [-0.05, 0) is 24.3 Å². The van der Waals surface area contributed by atoms with Crippen LogP contribution in [0.4, 0.5) is 23.2 Å². The van der Waals surface area contributed by atoms with E-state index in [1.165, 1.54) is 0 Å². The maximum atomic E-state index is 12.8. The molecule has 0 aromatic heterocycles. The average Bonchev–Trinajstić information content (AvgIpc) is 2.37. The van der Waals surface area contributed by atoms with Gasteiger partial charge in [-0.2, -0.15) is 8.78 Å². The van der Waals surface area contributed by atoms with Crippen molar-refractivity contribution in [1.82, 2.24) is 0 Å². The fourth-order valence-corrected chi connectivity index (χ4v) is 1.89. The topological polar surface area (TPSA) is 72.2 Å². The van der Waals surface area contributed by atoms with Crippen LogP contribution in [0.3, 0.4) is 0 Å². The number of hydrogen-bond donors (Lipinski definition) is 2. The molecule has 0 spiro atoms. The number of hydrogen-bond acceptors (Lipinski definition) is 4. The van der Waals surface area contributed by atoms with E-state index in [0.717, 1.165) is 24.3 Å². The van der Waals surface area contributed by atoms with Crippen LogP contribution in [0.15, 0.2) is 29.2 Å². The van der Waals surface area contributed by atoms with Gasteiger partial charge in [0.15, 0.2) is 0 Å². The van der Waals surface area contributed by atoms with Gasteiger partial charge in [0.25, 0.3) is 5.92 Å². The summed E-state index contributed by atoms with van der Waals surface area (Å²) in [4.78, 5) is -0.571. The van der Waals surface area contributed by atoms with E-state index in [1.54, 1.807) is 0 Å². The third-order valence-corrected chi connectivity index (χ3v) is 3.67. The van der Waals surface area contributed by atoms with Crippen molar-refractivity contribution in [2.24, 2.45) is 5.73 Å². The molecule has 3 N–H and O–H groups in total. The molecule has 108 valence electrons. The van der Waals surface area contributed by atoms with Crippen LogP contribution in [0.5, 0.6) is 0 Å². The second-order valence-electron chi connectivity index (χ2n) is 3.74. The Morgan fingerprint density at radius 2 is 1.74 bits per heavy atom. The smallest absolute Gasteiger partial charge is 0.341 e. The molecule has 0 saturated carbocycles. The van der Waals surface area contributed by atoms with E-state index in [0.29, 0.717) is 0 Å². The molecular weight excluding hydrogens is 288 g/mol. The predicted octanol–water partition coefficient (Wildman–Crippen LogP) is 1.69. The summed E-state index contributed by atoms with van der Waals surface area (Å²) in [5.74, 6) is -6.62. The maximum absolute atomic E-state index is 12.8. The second-order valence-corrected chi connectivity index (χ2v) is 5.66. The van der Waals surface area contributed by atoms with Crippen molar-refractivity contribution in [3.05, 3.63) is 24.3 Å². The van der Waals surface area contributed by atoms with Gasteiger partial charge in [-0.3, -0.25) is 0 Å². The normalized spacial score (nSPS) is 12.7. The van der Waals surface area contributed by atoms with E-state index in [1.807, 2.05) is 0 Å². The summed E-state index contributed by atoms with van der Waals surface area (Å²) in [5, 5.41) is 2.33. The minimum Gasteiger partial charge on any atom is -0.379 e. The highest BCUT2D eigenvalue weighted by Gasteiger charge is 2.27. The van der Waals surface area contributed by atoms with Gasteiger partial charge in [-0.1, -0.05) is 0 Å². The lowest BCUT2D eigenvalue weighted by Crippen LogP contribution is -2.35. The van der Waals surface area contributed by atoms with E-state index in [9.17, 15) is 26.0 Å². The molecule has 0 aliphatic carbocycles. The number of sulfone groups is 1. The Kier molecular flexibility index (Phi) is 4.75. The van der Waals surface area contributed by atoms with Crippen LogP contribution in [-0.2, 0) is 9.84 Å². The number of nitrogens with one attached hydrogen (secondary N) is 1. The van der Waals surface area contributed by atoms with Gasteiger partial charge in [0.2, 0.25) is 9.84 Å². The van der Waals surface area contributed by atoms with Crippen molar-refractivity contribution in [2.45, 2.75) is 16.6 Å². The fourth-order valence-electron chi connectivity index (χ4n) is 1.17. The van der Waals surface area contributed by atoms with Crippen LogP contribution in [-0.4, -0.2) is 33.2 Å². The zero-order valence-corrected chi connectivity index (χ0v) is 10.4. The van der Waals surface area contributed by atoms with E-state index in [-0.39, 0.29) is 5.69 Å². The van der Waals surface area contributed by atoms with Crippen molar-refractivity contribution in [2.75, 3.05) is 18.4 Å². The molecule has 0 fully saturated rings. The molecule has 19 heavy (non-hydrogen) atoms. The number of benzene rings is 1. The summed E-state index contributed by atoms with van der Waals surface area (Å²) < 4.78 is 72.3. The van der Waals surface area contributed by atoms with Crippen molar-refractivity contribution < 1.29 is 26.0 Å². The molecule has 4 nitrogen and oxygen atoms in total. The molecule has 1 rings (SSSR count). The molecule has 0 amide bonds. The van der Waals surface area contributed by atoms with Gasteiger partial charge in [0, 0.05) is 5.69 Å². The SMILES string of the molecule is NCC(F)(F)CNc1ccc(S(=O)(=O)C(F)F)cc1. The number of nitrogens with two attached hydrogens (primary N) is 1. The molecular formula is C10H12F4N2O2S. The van der Waals surface area contributed by atoms with Gasteiger partial charge in [0.1, 0.15) is 0 Å². The maximum Gasteiger partial charge on any atom is 0.341 e. The highest BCUT2D eigenvalue weighted by atomic mass is 32.2. The molecule has 0 saturated heterocycles. The van der Waals surface area contributed by atoms with Crippen LogP contribution < -0.4 is 11.1 Å². The number of anilines is 1. The summed E-state index contributed by atoms with van der Waals surface area (Å²) in [6.07, 6.45) is 0. The van der Waals surface area contributed by atoms with Gasteiger partial charge in [-0.15, -0.1) is 0 Å². The quantitative estimate of drug-likeness (QED) is 0.784. The molecule has 1 aromatic carbocycles. The Balaban J connectivity index is 2.78. The Hall–Kier alpha value is -1.35. The van der Waals surface area contributed by atoms with Crippen LogP contribution in [0, 0.1) is 0 Å². The zero-order chi connectivity index (χ0) is 14.7. The van der Waals surface area contributed by atoms with Crippen LogP contribution in [0.25, 0.3) is 0 Å². The van der Waals surface area contributed by atoms with Crippen molar-refractivity contribution in [1.29, 1.82) is 0 Å². The number of rotatable bonds is 6. The molecule has 0 radical (unpaired) electrons. The van der Waals surface area contributed by atoms with Crippen molar-refractivity contribution >= 4 is 15.5 Å². The van der Waals surface area contributed by atoms with Gasteiger partial charge < -0.3 is 11.1 Å². The number of halogens is 4. The molecule has 1 aromatic rings. The minimum atomic E-state index is -4.67. The first-order valence-corrected chi connectivity index (χ1v) is 6.67. The summed E-state index contributed by atoms with van der Waals surface area (Å²) in [6.45, 7) is -1.57. The first-order chi connectivity index (χ1) is 8.69. The summed E-state index contributed by atoms with van der Waals surface area (Å²) >= 11 is 0. The highest BCUT2D eigenvalue weighted by molar-refractivity contribution is 7.91. The summed E-state index contributed by atoms with van der Waals surface area (Å²) in [5.41, 5.74) is 5.01. The standard InChI is InChI=1S/C10H12F4N2O2S/c11-9(12)19(17,18)8-3-1-7(2-4-8)16-6-10(13,14)5-15/h1-4,9,16H,5-6,15H2. The Morgan fingerprint density at radius 1 is 1.21 bits per heavy atom. The summed E-state index contributed by atoms with van der Waals surface area (Å²) in [6, 6.07) is 4.10. The lowest BCUT2D eigenvalue weighted by Gasteiger charge is -2.15. The van der Waals surface area contributed by atoms with Gasteiger partial charge in [-0.25, -0.2) is 17.2 Å². The monoisotopic (exact) mass is 300 g/mol. The molecule has 0 aliphatic heterocycles. The first kappa shape index (κ1) is 15.7. The number of alkyl halides is 4. The zero-order valence-electron chi connectivity index (χ0n) is 9.61. The predicted molar refractivity (Wildman–Crippen MR) is 62.1 cm³/mol.